The number of rotatable bonds is 4. The Kier molecular flexibility index (Phi) is 4.99. The van der Waals surface area contributed by atoms with Crippen LogP contribution in [-0.2, 0) is 6.54 Å². The van der Waals surface area contributed by atoms with Gasteiger partial charge in [-0.05, 0) is 60.0 Å². The van der Waals surface area contributed by atoms with Crippen molar-refractivity contribution in [2.75, 3.05) is 0 Å². The molecule has 156 valence electrons. The van der Waals surface area contributed by atoms with Crippen LogP contribution in [0.25, 0.3) is 0 Å². The Morgan fingerprint density at radius 3 is 2.79 bits per heavy atom. The Labute approximate surface area is 173 Å². The molecule has 29 heavy (non-hydrogen) atoms. The van der Waals surface area contributed by atoms with Gasteiger partial charge >= 0.3 is 0 Å². The van der Waals surface area contributed by atoms with Crippen LogP contribution in [0.1, 0.15) is 75.3 Å². The number of aromatic nitrogens is 4. The van der Waals surface area contributed by atoms with Crippen molar-refractivity contribution in [3.05, 3.63) is 42.2 Å². The topological polar surface area (TPSA) is 86.7 Å². The smallest absolute Gasteiger partial charge is 0.250 e. The zero-order valence-electron chi connectivity index (χ0n) is 18.0. The molecule has 2 fully saturated rings. The number of fused-ring (bicyclic) bond motifs is 1. The maximum atomic E-state index is 12.1. The second-order valence-electron chi connectivity index (χ2n) is 10.1. The average molecular weight is 396 g/mol. The molecule has 0 radical (unpaired) electrons. The SMILES string of the molecule is C[C@@H]1[C@H](c2ncccc2C(N)=O)CC2C(C)(C)CCC[C@]2(C)[C@H]1Cn1cncn1. The van der Waals surface area contributed by atoms with Gasteiger partial charge in [-0.3, -0.25) is 14.5 Å². The first-order valence-electron chi connectivity index (χ1n) is 10.8. The van der Waals surface area contributed by atoms with Crippen molar-refractivity contribution in [1.82, 2.24) is 19.7 Å². The normalized spacial score (nSPS) is 33.8. The van der Waals surface area contributed by atoms with Crippen molar-refractivity contribution in [2.45, 2.75) is 65.8 Å². The Morgan fingerprint density at radius 1 is 1.31 bits per heavy atom. The summed E-state index contributed by atoms with van der Waals surface area (Å²) in [5.74, 6) is 1.17. The van der Waals surface area contributed by atoms with Gasteiger partial charge in [0.05, 0.1) is 11.3 Å². The summed E-state index contributed by atoms with van der Waals surface area (Å²) in [7, 11) is 0. The van der Waals surface area contributed by atoms with Gasteiger partial charge in [-0.1, -0.05) is 34.1 Å². The van der Waals surface area contributed by atoms with Gasteiger partial charge in [0, 0.05) is 18.7 Å². The third-order valence-electron chi connectivity index (χ3n) is 8.19. The summed E-state index contributed by atoms with van der Waals surface area (Å²) < 4.78 is 1.97. The van der Waals surface area contributed by atoms with E-state index in [9.17, 15) is 4.79 Å². The van der Waals surface area contributed by atoms with Crippen LogP contribution in [0.2, 0.25) is 0 Å². The van der Waals surface area contributed by atoms with Crippen LogP contribution in [0.4, 0.5) is 0 Å². The van der Waals surface area contributed by atoms with Crippen LogP contribution >= 0.6 is 0 Å². The van der Waals surface area contributed by atoms with Crippen molar-refractivity contribution >= 4 is 5.91 Å². The molecule has 2 heterocycles. The molecule has 2 aliphatic rings. The number of nitrogens with two attached hydrogens (primary N) is 1. The molecule has 0 aliphatic heterocycles. The summed E-state index contributed by atoms with van der Waals surface area (Å²) in [5.41, 5.74) is 7.65. The van der Waals surface area contributed by atoms with Gasteiger partial charge in [-0.15, -0.1) is 0 Å². The molecule has 5 atom stereocenters. The maximum absolute atomic E-state index is 12.1. The molecule has 4 rings (SSSR count). The van der Waals surface area contributed by atoms with Crippen LogP contribution in [0, 0.1) is 28.6 Å². The van der Waals surface area contributed by atoms with Crippen LogP contribution < -0.4 is 5.73 Å². The van der Waals surface area contributed by atoms with E-state index in [0.717, 1.165) is 18.7 Å². The highest BCUT2D eigenvalue weighted by Crippen LogP contribution is 2.64. The molecular formula is C23H33N5O. The van der Waals surface area contributed by atoms with E-state index in [0.29, 0.717) is 23.3 Å². The van der Waals surface area contributed by atoms with Gasteiger partial charge in [0.25, 0.3) is 5.91 Å². The Morgan fingerprint density at radius 2 is 2.10 bits per heavy atom. The lowest BCUT2D eigenvalue weighted by atomic mass is 9.44. The molecule has 6 heteroatoms. The summed E-state index contributed by atoms with van der Waals surface area (Å²) in [4.78, 5) is 21.0. The number of hydrogen-bond acceptors (Lipinski definition) is 4. The summed E-state index contributed by atoms with van der Waals surface area (Å²) in [6.07, 6.45) is 10.0. The number of carbonyl (C=O) groups is 1. The molecule has 2 saturated carbocycles. The third kappa shape index (κ3) is 3.36. The van der Waals surface area contributed by atoms with Crippen LogP contribution in [0.3, 0.4) is 0 Å². The van der Waals surface area contributed by atoms with E-state index in [-0.39, 0.29) is 22.7 Å². The van der Waals surface area contributed by atoms with E-state index in [2.05, 4.69) is 42.8 Å². The molecule has 2 aliphatic carbocycles. The van der Waals surface area contributed by atoms with E-state index in [1.54, 1.807) is 18.6 Å². The quantitative estimate of drug-likeness (QED) is 0.846. The highest BCUT2D eigenvalue weighted by molar-refractivity contribution is 5.94. The van der Waals surface area contributed by atoms with Crippen LogP contribution in [0.15, 0.2) is 31.0 Å². The zero-order valence-corrected chi connectivity index (χ0v) is 18.0. The zero-order chi connectivity index (χ0) is 20.8. The fourth-order valence-corrected chi connectivity index (χ4v) is 6.73. The minimum Gasteiger partial charge on any atom is -0.366 e. The highest BCUT2D eigenvalue weighted by atomic mass is 16.1. The largest absolute Gasteiger partial charge is 0.366 e. The molecule has 6 nitrogen and oxygen atoms in total. The van der Waals surface area contributed by atoms with Gasteiger partial charge in [-0.2, -0.15) is 5.10 Å². The first-order chi connectivity index (χ1) is 13.7. The predicted molar refractivity (Wildman–Crippen MR) is 112 cm³/mol. The number of hydrogen-bond donors (Lipinski definition) is 1. The molecule has 0 spiro atoms. The van der Waals surface area contributed by atoms with Crippen molar-refractivity contribution < 1.29 is 4.79 Å². The second kappa shape index (κ2) is 7.22. The number of amides is 1. The number of nitrogens with zero attached hydrogens (tertiary/aromatic N) is 4. The first-order valence-corrected chi connectivity index (χ1v) is 10.8. The van der Waals surface area contributed by atoms with Crippen molar-refractivity contribution in [3.8, 4) is 0 Å². The number of pyridine rings is 1. The molecule has 2 aromatic rings. The van der Waals surface area contributed by atoms with Crippen molar-refractivity contribution in [1.29, 1.82) is 0 Å². The molecule has 1 unspecified atom stereocenters. The Bertz CT molecular complexity index is 877. The lowest BCUT2D eigenvalue weighted by Gasteiger charge is -2.61. The monoisotopic (exact) mass is 395 g/mol. The van der Waals surface area contributed by atoms with Crippen LogP contribution in [-0.4, -0.2) is 25.7 Å². The predicted octanol–water partition coefficient (Wildman–Crippen LogP) is 4.04. The lowest BCUT2D eigenvalue weighted by molar-refractivity contribution is -0.109. The number of carbonyl (C=O) groups excluding carboxylic acids is 1. The minimum absolute atomic E-state index is 0.211. The van der Waals surface area contributed by atoms with E-state index in [4.69, 9.17) is 5.73 Å². The average Bonchev–Trinajstić information content (AvgIpc) is 3.17. The van der Waals surface area contributed by atoms with Gasteiger partial charge in [0.2, 0.25) is 0 Å². The fraction of sp³-hybridized carbons (Fsp3) is 0.652. The Balaban J connectivity index is 1.80. The third-order valence-corrected chi connectivity index (χ3v) is 8.19. The molecule has 2 N–H and O–H groups in total. The van der Waals surface area contributed by atoms with Gasteiger partial charge in [0.15, 0.2) is 0 Å². The summed E-state index contributed by atoms with van der Waals surface area (Å²) in [6, 6.07) is 3.63. The fourth-order valence-electron chi connectivity index (χ4n) is 6.73. The summed E-state index contributed by atoms with van der Waals surface area (Å²) in [6.45, 7) is 10.5. The van der Waals surface area contributed by atoms with E-state index >= 15 is 0 Å². The maximum Gasteiger partial charge on any atom is 0.250 e. The van der Waals surface area contributed by atoms with E-state index in [1.165, 1.54) is 19.3 Å². The van der Waals surface area contributed by atoms with Gasteiger partial charge in [-0.25, -0.2) is 4.98 Å². The van der Waals surface area contributed by atoms with Gasteiger partial charge < -0.3 is 5.73 Å². The molecule has 2 aromatic heterocycles. The summed E-state index contributed by atoms with van der Waals surface area (Å²) >= 11 is 0. The molecule has 0 bridgehead atoms. The minimum atomic E-state index is -0.385. The van der Waals surface area contributed by atoms with Crippen molar-refractivity contribution in [3.63, 3.8) is 0 Å². The molecule has 0 aromatic carbocycles. The molecular weight excluding hydrogens is 362 g/mol. The standard InChI is InChI=1S/C23H33N5O/c1-15-17(20-16(21(24)29)7-5-10-26-20)11-19-22(2,3)8-6-9-23(19,4)18(15)12-28-14-25-13-27-28/h5,7,10,13-15,17-19H,6,8-9,11-12H2,1-4H3,(H2,24,29)/t15-,17-,18+,19?,23-/m1/s1. The second-order valence-corrected chi connectivity index (χ2v) is 10.1. The lowest BCUT2D eigenvalue weighted by Crippen LogP contribution is -2.54. The summed E-state index contributed by atoms with van der Waals surface area (Å²) in [5, 5.41) is 4.41. The highest BCUT2D eigenvalue weighted by Gasteiger charge is 2.57. The van der Waals surface area contributed by atoms with E-state index < -0.39 is 0 Å². The first kappa shape index (κ1) is 20.0. The molecule has 0 saturated heterocycles. The number of primary amides is 1. The van der Waals surface area contributed by atoms with E-state index in [1.807, 2.05) is 17.1 Å². The van der Waals surface area contributed by atoms with Crippen LogP contribution in [0.5, 0.6) is 0 Å². The van der Waals surface area contributed by atoms with Crippen molar-refractivity contribution in [2.24, 2.45) is 34.3 Å². The van der Waals surface area contributed by atoms with Gasteiger partial charge in [0.1, 0.15) is 12.7 Å². The molecule has 1 amide bonds. The Hall–Kier alpha value is -2.24.